The van der Waals surface area contributed by atoms with Crippen LogP contribution in [0.1, 0.15) is 52.1 Å². The first-order valence-electron chi connectivity index (χ1n) is 9.15. The maximum absolute atomic E-state index is 13.2. The Labute approximate surface area is 165 Å². The van der Waals surface area contributed by atoms with Crippen LogP contribution in [0, 0.1) is 0 Å². The van der Waals surface area contributed by atoms with Gasteiger partial charge in [-0.05, 0) is 31.0 Å². The van der Waals surface area contributed by atoms with Gasteiger partial charge in [-0.15, -0.1) is 0 Å². The number of nitrogens with one attached hydrogen (secondary N) is 1. The summed E-state index contributed by atoms with van der Waals surface area (Å²) >= 11 is 0. The van der Waals surface area contributed by atoms with Gasteiger partial charge in [0.2, 0.25) is 0 Å². The van der Waals surface area contributed by atoms with Gasteiger partial charge in [0.1, 0.15) is 11.5 Å². The number of carbonyl (C=O) groups is 2. The van der Waals surface area contributed by atoms with E-state index >= 15 is 0 Å². The third-order valence-electron chi connectivity index (χ3n) is 4.61. The number of hydrogen-bond donors (Lipinski definition) is 2. The maximum Gasteiger partial charge on any atom is 0.417 e. The molecule has 2 aromatic heterocycles. The zero-order valence-corrected chi connectivity index (χ0v) is 15.5. The topological polar surface area (TPSA) is 101 Å². The fourth-order valence-corrected chi connectivity index (χ4v) is 3.16. The summed E-state index contributed by atoms with van der Waals surface area (Å²) in [5.74, 6) is -1.34. The number of alkyl halides is 3. The third kappa shape index (κ3) is 5.01. The fourth-order valence-electron chi connectivity index (χ4n) is 3.16. The summed E-state index contributed by atoms with van der Waals surface area (Å²) in [5.41, 5.74) is 4.11. The summed E-state index contributed by atoms with van der Waals surface area (Å²) in [7, 11) is 0. The van der Waals surface area contributed by atoms with E-state index in [9.17, 15) is 22.8 Å². The number of halogens is 3. The molecule has 0 atom stereocenters. The summed E-state index contributed by atoms with van der Waals surface area (Å²) in [6.07, 6.45) is 1.17. The second kappa shape index (κ2) is 8.46. The number of nitrogens with two attached hydrogens (primary N) is 1. The van der Waals surface area contributed by atoms with Crippen LogP contribution in [-0.4, -0.2) is 34.9 Å². The number of hydrogen-bond acceptors (Lipinski definition) is 5. The van der Waals surface area contributed by atoms with E-state index in [1.165, 1.54) is 18.3 Å². The molecule has 154 valence electrons. The fraction of sp³-hybridized carbons (Fsp3) is 0.368. The lowest BCUT2D eigenvalue weighted by molar-refractivity contribution is -0.137. The van der Waals surface area contributed by atoms with Crippen molar-refractivity contribution in [2.75, 3.05) is 23.3 Å². The number of carbonyl (C=O) groups excluding carboxylic acids is 2. The molecule has 1 fully saturated rings. The van der Waals surface area contributed by atoms with Gasteiger partial charge >= 0.3 is 6.18 Å². The minimum atomic E-state index is -4.63. The highest BCUT2D eigenvalue weighted by atomic mass is 19.4. The number of aromatic nitrogens is 2. The lowest BCUT2D eigenvalue weighted by atomic mass is 10.1. The zero-order valence-electron chi connectivity index (χ0n) is 15.5. The summed E-state index contributed by atoms with van der Waals surface area (Å²) in [6.45, 7) is 1.22. The molecule has 1 saturated heterocycles. The molecule has 3 N–H and O–H groups in total. The average molecular weight is 407 g/mol. The first kappa shape index (κ1) is 20.6. The molecule has 0 aromatic carbocycles. The summed E-state index contributed by atoms with van der Waals surface area (Å²) in [6, 6.07) is 3.47. The molecule has 0 bridgehead atoms. The second-order valence-corrected chi connectivity index (χ2v) is 6.74. The molecule has 29 heavy (non-hydrogen) atoms. The Kier molecular flexibility index (Phi) is 6.00. The van der Waals surface area contributed by atoms with Crippen LogP contribution in [0.4, 0.5) is 24.7 Å². The van der Waals surface area contributed by atoms with Crippen LogP contribution in [0.2, 0.25) is 0 Å². The predicted octanol–water partition coefficient (Wildman–Crippen LogP) is 3.23. The molecule has 2 aromatic rings. The van der Waals surface area contributed by atoms with Crippen molar-refractivity contribution < 1.29 is 22.8 Å². The number of anilines is 2. The van der Waals surface area contributed by atoms with Crippen LogP contribution in [-0.2, 0) is 6.18 Å². The molecule has 1 aliphatic rings. The lowest BCUT2D eigenvalue weighted by Gasteiger charge is -2.24. The third-order valence-corrected chi connectivity index (χ3v) is 4.61. The van der Waals surface area contributed by atoms with Crippen molar-refractivity contribution >= 4 is 23.3 Å². The molecular weight excluding hydrogens is 387 g/mol. The standard InChI is InChI=1S/C19H20F3N5O2/c20-19(21,22)12-9-14(17(25-11-12)27-7-3-1-2-4-8-27)18(29)26-13-5-6-24-15(10-13)16(23)28/h5-6,9-11H,1-4,7-8H2,(H2,23,28)(H,24,26,29). The average Bonchev–Trinajstić information content (AvgIpc) is 2.96. The van der Waals surface area contributed by atoms with E-state index in [1.807, 2.05) is 4.90 Å². The molecule has 2 amide bonds. The number of pyridine rings is 2. The van der Waals surface area contributed by atoms with Gasteiger partial charge < -0.3 is 16.0 Å². The molecule has 10 heteroatoms. The molecule has 3 heterocycles. The predicted molar refractivity (Wildman–Crippen MR) is 101 cm³/mol. The molecular formula is C19H20F3N5O2. The lowest BCUT2D eigenvalue weighted by Crippen LogP contribution is -2.29. The minimum absolute atomic E-state index is 0.0716. The minimum Gasteiger partial charge on any atom is -0.364 e. The normalized spacial score (nSPS) is 14.9. The Balaban J connectivity index is 1.96. The van der Waals surface area contributed by atoms with Crippen LogP contribution in [0.15, 0.2) is 30.6 Å². The van der Waals surface area contributed by atoms with Crippen molar-refractivity contribution in [3.63, 3.8) is 0 Å². The largest absolute Gasteiger partial charge is 0.417 e. The Hall–Kier alpha value is -3.17. The van der Waals surface area contributed by atoms with Gasteiger partial charge in [-0.25, -0.2) is 4.98 Å². The molecule has 7 nitrogen and oxygen atoms in total. The Bertz CT molecular complexity index is 909. The molecule has 3 rings (SSSR count). The zero-order chi connectivity index (χ0) is 21.0. The second-order valence-electron chi connectivity index (χ2n) is 6.74. The van der Waals surface area contributed by atoms with E-state index < -0.39 is 23.6 Å². The van der Waals surface area contributed by atoms with Crippen molar-refractivity contribution in [2.24, 2.45) is 5.73 Å². The molecule has 0 saturated carbocycles. The molecule has 0 radical (unpaired) electrons. The number of primary amides is 1. The summed E-state index contributed by atoms with van der Waals surface area (Å²) < 4.78 is 39.6. The Morgan fingerprint density at radius 2 is 1.76 bits per heavy atom. The first-order valence-corrected chi connectivity index (χ1v) is 9.15. The molecule has 0 spiro atoms. The van der Waals surface area contributed by atoms with Gasteiger partial charge in [0.15, 0.2) is 0 Å². The van der Waals surface area contributed by atoms with Gasteiger partial charge in [0.05, 0.1) is 11.1 Å². The van der Waals surface area contributed by atoms with E-state index in [2.05, 4.69) is 15.3 Å². The highest BCUT2D eigenvalue weighted by Gasteiger charge is 2.33. The van der Waals surface area contributed by atoms with Gasteiger partial charge in [0.25, 0.3) is 11.8 Å². The molecule has 0 unspecified atom stereocenters. The number of nitrogens with zero attached hydrogens (tertiary/aromatic N) is 3. The quantitative estimate of drug-likeness (QED) is 0.810. The van der Waals surface area contributed by atoms with Gasteiger partial charge in [-0.1, -0.05) is 12.8 Å². The van der Waals surface area contributed by atoms with Crippen LogP contribution in [0.3, 0.4) is 0 Å². The smallest absolute Gasteiger partial charge is 0.364 e. The summed E-state index contributed by atoms with van der Waals surface area (Å²) in [5, 5.41) is 2.51. The van der Waals surface area contributed by atoms with Crippen LogP contribution in [0.25, 0.3) is 0 Å². The van der Waals surface area contributed by atoms with Crippen molar-refractivity contribution in [2.45, 2.75) is 31.9 Å². The Morgan fingerprint density at radius 1 is 1.07 bits per heavy atom. The van der Waals surface area contributed by atoms with Gasteiger partial charge in [0, 0.05) is 31.2 Å². The van der Waals surface area contributed by atoms with Crippen LogP contribution < -0.4 is 16.0 Å². The van der Waals surface area contributed by atoms with Gasteiger partial charge in [-0.2, -0.15) is 13.2 Å². The van der Waals surface area contributed by atoms with E-state index in [0.29, 0.717) is 13.1 Å². The van der Waals surface area contributed by atoms with Crippen LogP contribution >= 0.6 is 0 Å². The monoisotopic (exact) mass is 407 g/mol. The number of amides is 2. The van der Waals surface area contributed by atoms with E-state index in [1.54, 1.807) is 0 Å². The van der Waals surface area contributed by atoms with Crippen LogP contribution in [0.5, 0.6) is 0 Å². The molecule has 0 aliphatic carbocycles. The van der Waals surface area contributed by atoms with Crippen molar-refractivity contribution in [1.29, 1.82) is 0 Å². The van der Waals surface area contributed by atoms with Gasteiger partial charge in [-0.3, -0.25) is 14.6 Å². The molecule has 1 aliphatic heterocycles. The highest BCUT2D eigenvalue weighted by Crippen LogP contribution is 2.32. The van der Waals surface area contributed by atoms with E-state index in [4.69, 9.17) is 5.73 Å². The first-order chi connectivity index (χ1) is 13.8. The summed E-state index contributed by atoms with van der Waals surface area (Å²) in [4.78, 5) is 33.7. The van der Waals surface area contributed by atoms with Crippen molar-refractivity contribution in [1.82, 2.24) is 9.97 Å². The van der Waals surface area contributed by atoms with Crippen molar-refractivity contribution in [3.8, 4) is 0 Å². The van der Waals surface area contributed by atoms with E-state index in [0.717, 1.165) is 37.9 Å². The van der Waals surface area contributed by atoms with E-state index in [-0.39, 0.29) is 22.8 Å². The highest BCUT2D eigenvalue weighted by molar-refractivity contribution is 6.08. The SMILES string of the molecule is NC(=O)c1cc(NC(=O)c2cc(C(F)(F)F)cnc2N2CCCCCC2)ccn1. The van der Waals surface area contributed by atoms with Crippen molar-refractivity contribution in [3.05, 3.63) is 47.4 Å². The maximum atomic E-state index is 13.2. The Morgan fingerprint density at radius 3 is 2.38 bits per heavy atom. The number of rotatable bonds is 4.